The fourth-order valence-electron chi connectivity index (χ4n) is 2.59. The van der Waals surface area contributed by atoms with Gasteiger partial charge in [0.15, 0.2) is 0 Å². The average molecular weight is 252 g/mol. The first kappa shape index (κ1) is 15.3. The Kier molecular flexibility index (Phi) is 5.89. The highest BCUT2D eigenvalue weighted by atomic mass is 16.3. The van der Waals surface area contributed by atoms with Gasteiger partial charge in [-0.15, -0.1) is 0 Å². The number of hydrogen-bond acceptors (Lipinski definition) is 2. The Hall–Kier alpha value is -0.800. The molecular weight excluding hydrogens is 224 g/mol. The predicted octanol–water partition coefficient (Wildman–Crippen LogP) is 2.62. The number of nitrogens with one attached hydrogen (secondary N) is 1. The zero-order valence-electron chi connectivity index (χ0n) is 12.5. The lowest BCUT2D eigenvalue weighted by molar-refractivity contribution is 0.244. The van der Waals surface area contributed by atoms with Gasteiger partial charge in [0.1, 0.15) is 0 Å². The van der Waals surface area contributed by atoms with Gasteiger partial charge < -0.3 is 15.0 Å². The Morgan fingerprint density at radius 3 is 2.44 bits per heavy atom. The normalized spacial score (nSPS) is 13.3. The van der Waals surface area contributed by atoms with Crippen molar-refractivity contribution in [3.05, 3.63) is 23.0 Å². The summed E-state index contributed by atoms with van der Waals surface area (Å²) in [5.74, 6) is 0.548. The zero-order valence-corrected chi connectivity index (χ0v) is 12.5. The molecule has 18 heavy (non-hydrogen) atoms. The molecular formula is C15H28N2O. The second-order valence-electron chi connectivity index (χ2n) is 5.38. The molecule has 0 fully saturated rings. The van der Waals surface area contributed by atoms with E-state index in [1.165, 1.54) is 17.0 Å². The van der Waals surface area contributed by atoms with E-state index in [9.17, 15) is 0 Å². The van der Waals surface area contributed by atoms with Crippen LogP contribution in [0.3, 0.4) is 0 Å². The number of aromatic nitrogens is 1. The first-order valence-corrected chi connectivity index (χ1v) is 7.01. The van der Waals surface area contributed by atoms with Crippen LogP contribution < -0.4 is 5.32 Å². The number of aliphatic hydroxyl groups excluding tert-OH is 1. The lowest BCUT2D eigenvalue weighted by atomic mass is 10.0. The van der Waals surface area contributed by atoms with E-state index in [1.54, 1.807) is 0 Å². The molecule has 0 spiro atoms. The molecule has 0 saturated carbocycles. The van der Waals surface area contributed by atoms with E-state index in [0.717, 1.165) is 19.5 Å². The van der Waals surface area contributed by atoms with Crippen LogP contribution in [-0.2, 0) is 13.1 Å². The third-order valence-electron chi connectivity index (χ3n) is 3.79. The summed E-state index contributed by atoms with van der Waals surface area (Å²) in [7, 11) is 0. The molecule has 0 aliphatic rings. The number of aliphatic hydroxyl groups is 1. The summed E-state index contributed by atoms with van der Waals surface area (Å²) in [4.78, 5) is 0. The molecule has 0 aliphatic carbocycles. The highest BCUT2D eigenvalue weighted by Crippen LogP contribution is 2.16. The molecule has 0 radical (unpaired) electrons. The monoisotopic (exact) mass is 252 g/mol. The highest BCUT2D eigenvalue weighted by molar-refractivity contribution is 5.26. The van der Waals surface area contributed by atoms with Crippen LogP contribution in [0, 0.1) is 19.8 Å². The quantitative estimate of drug-likeness (QED) is 0.783. The van der Waals surface area contributed by atoms with E-state index in [2.05, 4.69) is 50.6 Å². The van der Waals surface area contributed by atoms with Crippen molar-refractivity contribution in [3.8, 4) is 0 Å². The molecule has 0 bridgehead atoms. The fourth-order valence-corrected chi connectivity index (χ4v) is 2.59. The molecule has 1 atom stereocenters. The van der Waals surface area contributed by atoms with Crippen molar-refractivity contribution in [2.45, 2.75) is 60.2 Å². The third-order valence-corrected chi connectivity index (χ3v) is 3.79. The lowest BCUT2D eigenvalue weighted by Crippen LogP contribution is -2.34. The maximum atomic E-state index is 9.08. The number of nitrogens with zero attached hydrogens (tertiary/aromatic N) is 1. The third kappa shape index (κ3) is 3.59. The van der Waals surface area contributed by atoms with Gasteiger partial charge in [0.2, 0.25) is 0 Å². The minimum absolute atomic E-state index is 0.254. The van der Waals surface area contributed by atoms with Gasteiger partial charge in [-0.05, 0) is 44.7 Å². The first-order valence-electron chi connectivity index (χ1n) is 7.01. The maximum absolute atomic E-state index is 9.08. The maximum Gasteiger partial charge on any atom is 0.0445 e. The molecule has 1 aromatic rings. The molecule has 3 heteroatoms. The van der Waals surface area contributed by atoms with Crippen LogP contribution in [0.2, 0.25) is 0 Å². The summed E-state index contributed by atoms with van der Waals surface area (Å²) < 4.78 is 2.34. The smallest absolute Gasteiger partial charge is 0.0445 e. The van der Waals surface area contributed by atoms with Crippen LogP contribution in [0.25, 0.3) is 0 Å². The molecule has 0 saturated heterocycles. The van der Waals surface area contributed by atoms with E-state index < -0.39 is 0 Å². The molecule has 2 N–H and O–H groups in total. The van der Waals surface area contributed by atoms with E-state index in [4.69, 9.17) is 5.11 Å². The zero-order chi connectivity index (χ0) is 13.7. The molecule has 0 aliphatic heterocycles. The largest absolute Gasteiger partial charge is 0.396 e. The highest BCUT2D eigenvalue weighted by Gasteiger charge is 2.14. The number of hydrogen-bond donors (Lipinski definition) is 2. The molecule has 1 unspecified atom stereocenters. The molecule has 0 amide bonds. The summed E-state index contributed by atoms with van der Waals surface area (Å²) in [5.41, 5.74) is 4.06. The number of rotatable bonds is 7. The van der Waals surface area contributed by atoms with Gasteiger partial charge in [0, 0.05) is 37.1 Å². The molecule has 1 heterocycles. The van der Waals surface area contributed by atoms with E-state index in [1.807, 2.05) is 0 Å². The SMILES string of the molecule is CCn1c(C)cc(CNC(CCO)C(C)C)c1C. The van der Waals surface area contributed by atoms with E-state index in [0.29, 0.717) is 12.0 Å². The van der Waals surface area contributed by atoms with Crippen molar-refractivity contribution < 1.29 is 5.11 Å². The Morgan fingerprint density at radius 2 is 2.00 bits per heavy atom. The Labute approximate surface area is 111 Å². The lowest BCUT2D eigenvalue weighted by Gasteiger charge is -2.21. The van der Waals surface area contributed by atoms with E-state index in [-0.39, 0.29) is 6.61 Å². The van der Waals surface area contributed by atoms with Gasteiger partial charge in [-0.3, -0.25) is 0 Å². The van der Waals surface area contributed by atoms with Crippen LogP contribution >= 0.6 is 0 Å². The Balaban J connectivity index is 2.67. The minimum atomic E-state index is 0.254. The Morgan fingerprint density at radius 1 is 1.33 bits per heavy atom. The van der Waals surface area contributed by atoms with Gasteiger partial charge in [-0.2, -0.15) is 0 Å². The van der Waals surface area contributed by atoms with Crippen molar-refractivity contribution in [2.24, 2.45) is 5.92 Å². The summed E-state index contributed by atoms with van der Waals surface area (Å²) in [6.07, 6.45) is 0.824. The van der Waals surface area contributed by atoms with Crippen molar-refractivity contribution in [1.29, 1.82) is 0 Å². The minimum Gasteiger partial charge on any atom is -0.396 e. The second-order valence-corrected chi connectivity index (χ2v) is 5.38. The van der Waals surface area contributed by atoms with Crippen molar-refractivity contribution in [3.63, 3.8) is 0 Å². The Bertz CT molecular complexity index is 369. The molecule has 0 aromatic carbocycles. The van der Waals surface area contributed by atoms with Crippen molar-refractivity contribution in [1.82, 2.24) is 9.88 Å². The molecule has 104 valence electrons. The van der Waals surface area contributed by atoms with Gasteiger partial charge in [0.05, 0.1) is 0 Å². The first-order chi connectivity index (χ1) is 8.51. The van der Waals surface area contributed by atoms with Crippen LogP contribution in [0.5, 0.6) is 0 Å². The van der Waals surface area contributed by atoms with E-state index >= 15 is 0 Å². The van der Waals surface area contributed by atoms with Crippen molar-refractivity contribution >= 4 is 0 Å². The summed E-state index contributed by atoms with van der Waals surface area (Å²) in [6.45, 7) is 13.1. The predicted molar refractivity (Wildman–Crippen MR) is 76.7 cm³/mol. The standard InChI is InChI=1S/C15H28N2O/c1-6-17-12(4)9-14(13(17)5)10-16-15(7-8-18)11(2)3/h9,11,15-16,18H,6-8,10H2,1-5H3. The van der Waals surface area contributed by atoms with Gasteiger partial charge >= 0.3 is 0 Å². The van der Waals surface area contributed by atoms with Crippen LogP contribution in [0.15, 0.2) is 6.07 Å². The summed E-state index contributed by atoms with van der Waals surface area (Å²) in [5, 5.41) is 12.6. The topological polar surface area (TPSA) is 37.2 Å². The van der Waals surface area contributed by atoms with Crippen molar-refractivity contribution in [2.75, 3.05) is 6.61 Å². The number of aryl methyl sites for hydroxylation is 1. The molecule has 1 aromatic heterocycles. The van der Waals surface area contributed by atoms with Gasteiger partial charge in [-0.1, -0.05) is 13.8 Å². The second kappa shape index (κ2) is 6.95. The van der Waals surface area contributed by atoms with Crippen LogP contribution in [0.4, 0.5) is 0 Å². The molecule has 3 nitrogen and oxygen atoms in total. The summed E-state index contributed by atoms with van der Waals surface area (Å²) >= 11 is 0. The fraction of sp³-hybridized carbons (Fsp3) is 0.733. The van der Waals surface area contributed by atoms with Gasteiger partial charge in [-0.25, -0.2) is 0 Å². The molecule has 1 rings (SSSR count). The summed E-state index contributed by atoms with van der Waals surface area (Å²) in [6, 6.07) is 2.65. The van der Waals surface area contributed by atoms with Crippen LogP contribution in [0.1, 0.15) is 44.1 Å². The van der Waals surface area contributed by atoms with Crippen LogP contribution in [-0.4, -0.2) is 22.3 Å². The van der Waals surface area contributed by atoms with Gasteiger partial charge in [0.25, 0.3) is 0 Å². The average Bonchev–Trinajstić information content (AvgIpc) is 2.59.